The fourth-order valence-electron chi connectivity index (χ4n) is 1.91. The van der Waals surface area contributed by atoms with E-state index in [0.717, 1.165) is 18.1 Å². The van der Waals surface area contributed by atoms with E-state index in [1.807, 2.05) is 18.7 Å². The molecular weight excluding hydrogens is 208 g/mol. The molecule has 0 aromatic heterocycles. The highest BCUT2D eigenvalue weighted by molar-refractivity contribution is 7.99. The van der Waals surface area contributed by atoms with Crippen LogP contribution in [0.3, 0.4) is 0 Å². The predicted molar refractivity (Wildman–Crippen MR) is 65.9 cm³/mol. The molecule has 0 heterocycles. The molecule has 0 spiro atoms. The van der Waals surface area contributed by atoms with Crippen LogP contribution in [0.2, 0.25) is 0 Å². The van der Waals surface area contributed by atoms with Gasteiger partial charge in [0.05, 0.1) is 0 Å². The van der Waals surface area contributed by atoms with Crippen LogP contribution in [0, 0.1) is 5.92 Å². The van der Waals surface area contributed by atoms with Crippen molar-refractivity contribution in [2.75, 3.05) is 12.3 Å². The molecule has 0 radical (unpaired) electrons. The standard InChI is InChI=1S/C11H22N2OS/c1-3-15-10-5-4-9(6-10)13-11(14)8(2)7-12/h8-10H,3-7,12H2,1-2H3,(H,13,14). The van der Waals surface area contributed by atoms with Crippen LogP contribution in [-0.4, -0.2) is 29.5 Å². The largest absolute Gasteiger partial charge is 0.353 e. The number of thioether (sulfide) groups is 1. The van der Waals surface area contributed by atoms with Crippen molar-refractivity contribution in [3.63, 3.8) is 0 Å². The molecular formula is C11H22N2OS. The monoisotopic (exact) mass is 230 g/mol. The Morgan fingerprint density at radius 1 is 1.60 bits per heavy atom. The van der Waals surface area contributed by atoms with E-state index in [9.17, 15) is 4.79 Å². The van der Waals surface area contributed by atoms with E-state index < -0.39 is 0 Å². The molecule has 4 heteroatoms. The first-order valence-corrected chi connectivity index (χ1v) is 6.84. The minimum absolute atomic E-state index is 0.0529. The SMILES string of the molecule is CCSC1CCC(NC(=O)C(C)CN)C1. The molecule has 0 aromatic rings. The van der Waals surface area contributed by atoms with Crippen molar-refractivity contribution >= 4 is 17.7 Å². The number of hydrogen-bond acceptors (Lipinski definition) is 3. The van der Waals surface area contributed by atoms with E-state index in [0.29, 0.717) is 12.6 Å². The predicted octanol–water partition coefficient (Wildman–Crippen LogP) is 1.37. The Hall–Kier alpha value is -0.220. The number of carbonyl (C=O) groups excluding carboxylic acids is 1. The van der Waals surface area contributed by atoms with Crippen molar-refractivity contribution in [3.8, 4) is 0 Å². The van der Waals surface area contributed by atoms with Crippen molar-refractivity contribution in [1.82, 2.24) is 5.32 Å². The summed E-state index contributed by atoms with van der Waals surface area (Å²) in [7, 11) is 0. The van der Waals surface area contributed by atoms with Gasteiger partial charge in [-0.25, -0.2) is 0 Å². The van der Waals surface area contributed by atoms with Crippen molar-refractivity contribution in [3.05, 3.63) is 0 Å². The smallest absolute Gasteiger partial charge is 0.224 e. The second-order valence-corrected chi connectivity index (χ2v) is 5.81. The molecule has 1 fully saturated rings. The van der Waals surface area contributed by atoms with Crippen LogP contribution in [0.1, 0.15) is 33.1 Å². The van der Waals surface area contributed by atoms with Gasteiger partial charge in [-0.1, -0.05) is 13.8 Å². The zero-order valence-electron chi connectivity index (χ0n) is 9.66. The normalized spacial score (nSPS) is 27.7. The van der Waals surface area contributed by atoms with E-state index in [4.69, 9.17) is 5.73 Å². The highest BCUT2D eigenvalue weighted by Gasteiger charge is 2.26. The Kier molecular flexibility index (Phi) is 5.47. The third kappa shape index (κ3) is 4.03. The molecule has 3 unspecified atom stereocenters. The zero-order valence-corrected chi connectivity index (χ0v) is 10.5. The van der Waals surface area contributed by atoms with Crippen molar-refractivity contribution < 1.29 is 4.79 Å². The van der Waals surface area contributed by atoms with Crippen LogP contribution >= 0.6 is 11.8 Å². The summed E-state index contributed by atoms with van der Waals surface area (Å²) in [6, 6.07) is 0.385. The first kappa shape index (κ1) is 12.8. The number of amides is 1. The first-order chi connectivity index (χ1) is 7.17. The maximum Gasteiger partial charge on any atom is 0.224 e. The molecule has 1 aliphatic carbocycles. The van der Waals surface area contributed by atoms with Gasteiger partial charge in [0.2, 0.25) is 5.91 Å². The van der Waals surface area contributed by atoms with Gasteiger partial charge < -0.3 is 11.1 Å². The quantitative estimate of drug-likeness (QED) is 0.750. The summed E-state index contributed by atoms with van der Waals surface area (Å²) in [5.41, 5.74) is 5.46. The van der Waals surface area contributed by atoms with Gasteiger partial charge in [0.1, 0.15) is 0 Å². The molecule has 0 bridgehead atoms. The Morgan fingerprint density at radius 2 is 2.33 bits per heavy atom. The van der Waals surface area contributed by atoms with Gasteiger partial charge >= 0.3 is 0 Å². The van der Waals surface area contributed by atoms with Crippen LogP contribution in [0.4, 0.5) is 0 Å². The molecule has 1 rings (SSSR count). The molecule has 0 aromatic carbocycles. The fourth-order valence-corrected chi connectivity index (χ4v) is 3.05. The van der Waals surface area contributed by atoms with Crippen molar-refractivity contribution in [2.24, 2.45) is 11.7 Å². The summed E-state index contributed by atoms with van der Waals surface area (Å²) >= 11 is 2.01. The second kappa shape index (κ2) is 6.38. The minimum Gasteiger partial charge on any atom is -0.353 e. The Labute approximate surface area is 96.6 Å². The van der Waals surface area contributed by atoms with Gasteiger partial charge in [-0.2, -0.15) is 11.8 Å². The lowest BCUT2D eigenvalue weighted by Gasteiger charge is -2.15. The van der Waals surface area contributed by atoms with Crippen LogP contribution < -0.4 is 11.1 Å². The lowest BCUT2D eigenvalue weighted by Crippen LogP contribution is -2.39. The summed E-state index contributed by atoms with van der Waals surface area (Å²) in [6.45, 7) is 4.50. The minimum atomic E-state index is -0.0529. The Morgan fingerprint density at radius 3 is 2.93 bits per heavy atom. The number of hydrogen-bond donors (Lipinski definition) is 2. The Balaban J connectivity index is 2.26. The summed E-state index contributed by atoms with van der Waals surface area (Å²) in [4.78, 5) is 11.6. The summed E-state index contributed by atoms with van der Waals surface area (Å²) < 4.78 is 0. The molecule has 15 heavy (non-hydrogen) atoms. The average Bonchev–Trinajstić information content (AvgIpc) is 2.65. The highest BCUT2D eigenvalue weighted by atomic mass is 32.2. The number of nitrogens with two attached hydrogens (primary N) is 1. The number of nitrogens with one attached hydrogen (secondary N) is 1. The van der Waals surface area contributed by atoms with Gasteiger partial charge in [-0.3, -0.25) is 4.79 Å². The second-order valence-electron chi connectivity index (χ2n) is 4.23. The van der Waals surface area contributed by atoms with Crippen LogP contribution in [0.25, 0.3) is 0 Å². The van der Waals surface area contributed by atoms with Gasteiger partial charge in [0, 0.05) is 23.8 Å². The average molecular weight is 230 g/mol. The van der Waals surface area contributed by atoms with E-state index in [1.165, 1.54) is 12.2 Å². The van der Waals surface area contributed by atoms with Gasteiger partial charge in [0.25, 0.3) is 0 Å². The molecule has 1 amide bonds. The molecule has 88 valence electrons. The first-order valence-electron chi connectivity index (χ1n) is 5.79. The lowest BCUT2D eigenvalue weighted by molar-refractivity contribution is -0.124. The molecule has 3 N–H and O–H groups in total. The van der Waals surface area contributed by atoms with Crippen molar-refractivity contribution in [2.45, 2.75) is 44.4 Å². The molecule has 1 saturated carbocycles. The molecule has 1 aliphatic rings. The van der Waals surface area contributed by atoms with E-state index in [-0.39, 0.29) is 11.8 Å². The van der Waals surface area contributed by atoms with Crippen LogP contribution in [0.15, 0.2) is 0 Å². The Bertz CT molecular complexity index is 211. The summed E-state index contributed by atoms with van der Waals surface area (Å²) in [5.74, 6) is 1.23. The number of rotatable bonds is 5. The molecule has 0 aliphatic heterocycles. The number of carbonyl (C=O) groups is 1. The fraction of sp³-hybridized carbons (Fsp3) is 0.909. The van der Waals surface area contributed by atoms with Gasteiger partial charge in [-0.05, 0) is 25.0 Å². The third-order valence-corrected chi connectivity index (χ3v) is 4.17. The van der Waals surface area contributed by atoms with E-state index in [1.54, 1.807) is 0 Å². The van der Waals surface area contributed by atoms with Crippen molar-refractivity contribution in [1.29, 1.82) is 0 Å². The summed E-state index contributed by atoms with van der Waals surface area (Å²) in [5, 5.41) is 3.83. The molecule has 3 atom stereocenters. The van der Waals surface area contributed by atoms with Gasteiger partial charge in [-0.15, -0.1) is 0 Å². The molecule has 0 saturated heterocycles. The molecule has 3 nitrogen and oxygen atoms in total. The third-order valence-electron chi connectivity index (χ3n) is 2.93. The van der Waals surface area contributed by atoms with Crippen LogP contribution in [-0.2, 0) is 4.79 Å². The van der Waals surface area contributed by atoms with Gasteiger partial charge in [0.15, 0.2) is 0 Å². The highest BCUT2D eigenvalue weighted by Crippen LogP contribution is 2.29. The maximum absolute atomic E-state index is 11.6. The summed E-state index contributed by atoms with van der Waals surface area (Å²) in [6.07, 6.45) is 3.49. The zero-order chi connectivity index (χ0) is 11.3. The van der Waals surface area contributed by atoms with E-state index in [2.05, 4.69) is 12.2 Å². The maximum atomic E-state index is 11.6. The van der Waals surface area contributed by atoms with E-state index >= 15 is 0 Å². The van der Waals surface area contributed by atoms with Crippen LogP contribution in [0.5, 0.6) is 0 Å². The lowest BCUT2D eigenvalue weighted by atomic mass is 10.1. The topological polar surface area (TPSA) is 55.1 Å².